The van der Waals surface area contributed by atoms with Gasteiger partial charge in [0.05, 0.1) is 0 Å². The number of hydrogen-bond acceptors (Lipinski definition) is 3. The van der Waals surface area contributed by atoms with Gasteiger partial charge >= 0.3 is 5.97 Å². The average molecular weight is 196 g/mol. The predicted octanol–water partition coefficient (Wildman–Crippen LogP) is 1.36. The van der Waals surface area contributed by atoms with Crippen molar-refractivity contribution in [1.29, 1.82) is 0 Å². The second-order valence-corrected chi connectivity index (χ2v) is 3.54. The maximum Gasteiger partial charge on any atom is 0.323 e. The molecule has 0 bridgehead atoms. The minimum Gasteiger partial charge on any atom is -0.459 e. The fourth-order valence-electron chi connectivity index (χ4n) is 0.508. The monoisotopic (exact) mass is 195 g/mol. The first-order chi connectivity index (χ1) is 4.87. The van der Waals surface area contributed by atoms with Crippen molar-refractivity contribution in [3.63, 3.8) is 0 Å². The quantitative estimate of drug-likeness (QED) is 0.677. The zero-order chi connectivity index (χ0) is 9.07. The molecule has 4 heteroatoms. The lowest BCUT2D eigenvalue weighted by atomic mass is 10.2. The third kappa shape index (κ3) is 6.43. The van der Waals surface area contributed by atoms with Crippen molar-refractivity contribution in [3.8, 4) is 0 Å². The first-order valence-corrected chi connectivity index (χ1v) is 3.77. The highest BCUT2D eigenvalue weighted by Gasteiger charge is 2.19. The Kier molecular flexibility index (Phi) is 6.39. The van der Waals surface area contributed by atoms with E-state index in [1.165, 1.54) is 0 Å². The predicted molar refractivity (Wildman–Crippen MR) is 51.6 cm³/mol. The van der Waals surface area contributed by atoms with Crippen LogP contribution in [0.2, 0.25) is 0 Å². The van der Waals surface area contributed by atoms with Crippen LogP contribution in [0.15, 0.2) is 0 Å². The SMILES string of the molecule is CN[C@@H](C)C(=O)OC(C)(C)C.Cl. The Morgan fingerprint density at radius 2 is 1.83 bits per heavy atom. The van der Waals surface area contributed by atoms with Gasteiger partial charge < -0.3 is 10.1 Å². The largest absolute Gasteiger partial charge is 0.459 e. The van der Waals surface area contributed by atoms with Gasteiger partial charge in [-0.3, -0.25) is 4.79 Å². The number of halogens is 1. The number of hydrogen-bond donors (Lipinski definition) is 1. The molecule has 0 saturated carbocycles. The van der Waals surface area contributed by atoms with Gasteiger partial charge in [-0.25, -0.2) is 0 Å². The summed E-state index contributed by atoms with van der Waals surface area (Å²) in [5.41, 5.74) is -0.387. The molecule has 0 aromatic heterocycles. The third-order valence-corrected chi connectivity index (χ3v) is 1.19. The number of nitrogens with one attached hydrogen (secondary N) is 1. The second kappa shape index (κ2) is 5.38. The van der Waals surface area contributed by atoms with Crippen LogP contribution >= 0.6 is 12.4 Å². The van der Waals surface area contributed by atoms with E-state index < -0.39 is 0 Å². The summed E-state index contributed by atoms with van der Waals surface area (Å²) in [6, 6.07) is -0.228. The van der Waals surface area contributed by atoms with E-state index in [4.69, 9.17) is 4.74 Å². The molecule has 3 nitrogen and oxygen atoms in total. The fourth-order valence-corrected chi connectivity index (χ4v) is 0.508. The summed E-state index contributed by atoms with van der Waals surface area (Å²) in [7, 11) is 1.73. The molecule has 12 heavy (non-hydrogen) atoms. The van der Waals surface area contributed by atoms with E-state index in [1.54, 1.807) is 14.0 Å². The molecule has 0 aliphatic carbocycles. The van der Waals surface area contributed by atoms with Crippen LogP contribution in [-0.4, -0.2) is 24.7 Å². The molecule has 0 aromatic carbocycles. The molecule has 0 unspecified atom stereocenters. The molecule has 1 atom stereocenters. The van der Waals surface area contributed by atoms with Gasteiger partial charge in [0, 0.05) is 0 Å². The number of rotatable bonds is 2. The number of carbonyl (C=O) groups is 1. The maximum atomic E-state index is 11.1. The Labute approximate surface area is 80.3 Å². The van der Waals surface area contributed by atoms with Gasteiger partial charge in [0.1, 0.15) is 11.6 Å². The Morgan fingerprint density at radius 1 is 1.42 bits per heavy atom. The third-order valence-electron chi connectivity index (χ3n) is 1.19. The van der Waals surface area contributed by atoms with Gasteiger partial charge in [0.25, 0.3) is 0 Å². The summed E-state index contributed by atoms with van der Waals surface area (Å²) in [5, 5.41) is 2.81. The lowest BCUT2D eigenvalue weighted by molar-refractivity contribution is -0.156. The molecular weight excluding hydrogens is 178 g/mol. The lowest BCUT2D eigenvalue weighted by Crippen LogP contribution is -2.37. The van der Waals surface area contributed by atoms with Gasteiger partial charge in [-0.15, -0.1) is 12.4 Å². The van der Waals surface area contributed by atoms with Crippen molar-refractivity contribution in [3.05, 3.63) is 0 Å². The number of esters is 1. The molecule has 1 N–H and O–H groups in total. The molecule has 0 aliphatic heterocycles. The smallest absolute Gasteiger partial charge is 0.323 e. The molecule has 0 heterocycles. The highest BCUT2D eigenvalue weighted by atomic mass is 35.5. The second-order valence-electron chi connectivity index (χ2n) is 3.54. The molecule has 0 radical (unpaired) electrons. The lowest BCUT2D eigenvalue weighted by Gasteiger charge is -2.21. The number of likely N-dealkylation sites (N-methyl/N-ethyl adjacent to an activating group) is 1. The summed E-state index contributed by atoms with van der Waals surface area (Å²) in [5.74, 6) is -0.208. The molecule has 0 aliphatic rings. The summed E-state index contributed by atoms with van der Waals surface area (Å²) in [4.78, 5) is 11.1. The van der Waals surface area contributed by atoms with Crippen molar-refractivity contribution in [2.75, 3.05) is 7.05 Å². The van der Waals surface area contributed by atoms with Crippen LogP contribution in [0.4, 0.5) is 0 Å². The normalized spacial score (nSPS) is 13.1. The van der Waals surface area contributed by atoms with Crippen LogP contribution in [0.25, 0.3) is 0 Å². The van der Waals surface area contributed by atoms with Crippen molar-refractivity contribution in [1.82, 2.24) is 5.32 Å². The van der Waals surface area contributed by atoms with Gasteiger partial charge in [-0.05, 0) is 34.7 Å². The first-order valence-electron chi connectivity index (χ1n) is 3.77. The van der Waals surface area contributed by atoms with E-state index in [-0.39, 0.29) is 30.0 Å². The first kappa shape index (κ1) is 14.3. The summed E-state index contributed by atoms with van der Waals surface area (Å²) in [6.45, 7) is 7.34. The maximum absolute atomic E-state index is 11.1. The van der Waals surface area contributed by atoms with Gasteiger partial charge in [-0.2, -0.15) is 0 Å². The zero-order valence-electron chi connectivity index (χ0n) is 8.30. The van der Waals surface area contributed by atoms with E-state index in [0.717, 1.165) is 0 Å². The van der Waals surface area contributed by atoms with Crippen LogP contribution < -0.4 is 5.32 Å². The van der Waals surface area contributed by atoms with Crippen molar-refractivity contribution >= 4 is 18.4 Å². The summed E-state index contributed by atoms with van der Waals surface area (Å²) in [6.07, 6.45) is 0. The van der Waals surface area contributed by atoms with Gasteiger partial charge in [-0.1, -0.05) is 0 Å². The van der Waals surface area contributed by atoms with E-state index in [0.29, 0.717) is 0 Å². The Hall–Kier alpha value is -0.280. The van der Waals surface area contributed by atoms with Crippen LogP contribution in [0.5, 0.6) is 0 Å². The van der Waals surface area contributed by atoms with E-state index in [2.05, 4.69) is 5.32 Å². The highest BCUT2D eigenvalue weighted by molar-refractivity contribution is 5.85. The minimum absolute atomic E-state index is 0. The molecule has 74 valence electrons. The van der Waals surface area contributed by atoms with Crippen LogP contribution in [0.3, 0.4) is 0 Å². The van der Waals surface area contributed by atoms with Crippen LogP contribution in [-0.2, 0) is 9.53 Å². The van der Waals surface area contributed by atoms with Gasteiger partial charge in [0.15, 0.2) is 0 Å². The topological polar surface area (TPSA) is 38.3 Å². The summed E-state index contributed by atoms with van der Waals surface area (Å²) >= 11 is 0. The zero-order valence-corrected chi connectivity index (χ0v) is 9.12. The van der Waals surface area contributed by atoms with Crippen molar-refractivity contribution in [2.24, 2.45) is 0 Å². The van der Waals surface area contributed by atoms with Crippen molar-refractivity contribution in [2.45, 2.75) is 39.3 Å². The Morgan fingerprint density at radius 3 is 2.08 bits per heavy atom. The fraction of sp³-hybridized carbons (Fsp3) is 0.875. The number of ether oxygens (including phenoxy) is 1. The molecular formula is C8H18ClNO2. The number of carbonyl (C=O) groups excluding carboxylic acids is 1. The average Bonchev–Trinajstić information content (AvgIpc) is 1.82. The molecule has 0 amide bonds. The highest BCUT2D eigenvalue weighted by Crippen LogP contribution is 2.07. The van der Waals surface area contributed by atoms with Crippen LogP contribution in [0.1, 0.15) is 27.7 Å². The van der Waals surface area contributed by atoms with E-state index >= 15 is 0 Å². The molecule has 0 fully saturated rings. The van der Waals surface area contributed by atoms with Crippen LogP contribution in [0, 0.1) is 0 Å². The molecule has 0 saturated heterocycles. The minimum atomic E-state index is -0.387. The van der Waals surface area contributed by atoms with E-state index in [9.17, 15) is 4.79 Å². The Balaban J connectivity index is 0. The van der Waals surface area contributed by atoms with E-state index in [1.807, 2.05) is 20.8 Å². The standard InChI is InChI=1S/C8H17NO2.ClH/c1-6(9-5)7(10)11-8(2,3)4;/h6,9H,1-5H3;1H/t6-;/m0./s1. The molecule has 0 spiro atoms. The summed E-state index contributed by atoms with van der Waals surface area (Å²) < 4.78 is 5.09. The van der Waals surface area contributed by atoms with Gasteiger partial charge in [0.2, 0.25) is 0 Å². The molecule has 0 rings (SSSR count). The Bertz CT molecular complexity index is 142. The van der Waals surface area contributed by atoms with Crippen molar-refractivity contribution < 1.29 is 9.53 Å². The molecule has 0 aromatic rings.